The zero-order valence-electron chi connectivity index (χ0n) is 16.8. The fourth-order valence-electron chi connectivity index (χ4n) is 5.32. The standard InChI is InChI=1S/C22H35NO3/c1-5-9-19-20-15(2)12-16(3)22(13-25-19,17(20)4)14-26-21(24)23-18-10-7-6-8-11-18/h5,9,12,16-20H,6-8,10-11,13-14H2,1-4H3,(H,23,24)/b9-5+/t16-,17-,19-,20-,22-/m1/s1. The lowest BCUT2D eigenvalue weighted by molar-refractivity contribution is -0.149. The number of hydrogen-bond acceptors (Lipinski definition) is 3. The minimum atomic E-state index is -0.260. The Kier molecular flexibility index (Phi) is 6.11. The highest BCUT2D eigenvalue weighted by atomic mass is 16.6. The molecule has 1 heterocycles. The maximum Gasteiger partial charge on any atom is 0.407 e. The molecule has 3 aliphatic rings. The summed E-state index contributed by atoms with van der Waals surface area (Å²) in [5.41, 5.74) is 1.27. The van der Waals surface area contributed by atoms with Crippen molar-refractivity contribution in [2.45, 2.75) is 71.9 Å². The van der Waals surface area contributed by atoms with Crippen molar-refractivity contribution in [2.24, 2.45) is 23.2 Å². The van der Waals surface area contributed by atoms with E-state index >= 15 is 0 Å². The molecule has 0 radical (unpaired) electrons. The van der Waals surface area contributed by atoms with Crippen LogP contribution in [0.3, 0.4) is 0 Å². The number of alkyl carbamates (subject to hydrolysis) is 1. The van der Waals surface area contributed by atoms with Crippen molar-refractivity contribution in [2.75, 3.05) is 13.2 Å². The van der Waals surface area contributed by atoms with Gasteiger partial charge in [0.05, 0.1) is 12.7 Å². The van der Waals surface area contributed by atoms with E-state index in [1.807, 2.05) is 6.92 Å². The van der Waals surface area contributed by atoms with Gasteiger partial charge in [0.15, 0.2) is 0 Å². The van der Waals surface area contributed by atoms with Crippen molar-refractivity contribution in [3.63, 3.8) is 0 Å². The normalized spacial score (nSPS) is 38.1. The molecule has 1 N–H and O–H groups in total. The van der Waals surface area contributed by atoms with Crippen molar-refractivity contribution >= 4 is 6.09 Å². The maximum atomic E-state index is 12.4. The van der Waals surface area contributed by atoms with Crippen molar-refractivity contribution < 1.29 is 14.3 Å². The van der Waals surface area contributed by atoms with E-state index in [0.717, 1.165) is 12.8 Å². The molecule has 1 saturated carbocycles. The van der Waals surface area contributed by atoms with E-state index in [1.165, 1.54) is 24.8 Å². The van der Waals surface area contributed by atoms with Gasteiger partial charge in [-0.15, -0.1) is 0 Å². The quantitative estimate of drug-likeness (QED) is 0.728. The monoisotopic (exact) mass is 361 g/mol. The zero-order valence-corrected chi connectivity index (χ0v) is 16.8. The van der Waals surface area contributed by atoms with Crippen LogP contribution >= 0.6 is 0 Å². The van der Waals surface area contributed by atoms with Crippen molar-refractivity contribution in [3.8, 4) is 0 Å². The number of carbonyl (C=O) groups excluding carboxylic acids is 1. The Labute approximate surface area is 158 Å². The Morgan fingerprint density at radius 2 is 2.08 bits per heavy atom. The summed E-state index contributed by atoms with van der Waals surface area (Å²) in [6.45, 7) is 9.86. The summed E-state index contributed by atoms with van der Waals surface area (Å²) >= 11 is 0. The van der Waals surface area contributed by atoms with Gasteiger partial charge in [-0.2, -0.15) is 0 Å². The molecular formula is C22H35NO3. The summed E-state index contributed by atoms with van der Waals surface area (Å²) in [5, 5.41) is 3.07. The largest absolute Gasteiger partial charge is 0.449 e. The summed E-state index contributed by atoms with van der Waals surface area (Å²) < 4.78 is 12.0. The number of allylic oxidation sites excluding steroid dienone is 2. The number of fused-ring (bicyclic) bond motifs is 2. The Morgan fingerprint density at radius 3 is 2.77 bits per heavy atom. The van der Waals surface area contributed by atoms with Crippen LogP contribution in [0.2, 0.25) is 0 Å². The van der Waals surface area contributed by atoms with Gasteiger partial charge < -0.3 is 14.8 Å². The van der Waals surface area contributed by atoms with Crippen LogP contribution in [0, 0.1) is 23.2 Å². The summed E-state index contributed by atoms with van der Waals surface area (Å²) in [4.78, 5) is 12.4. The van der Waals surface area contributed by atoms with E-state index in [-0.39, 0.29) is 23.7 Å². The zero-order chi connectivity index (χ0) is 18.7. The first kappa shape index (κ1) is 19.5. The third kappa shape index (κ3) is 3.71. The molecule has 26 heavy (non-hydrogen) atoms. The highest BCUT2D eigenvalue weighted by molar-refractivity contribution is 5.67. The first-order chi connectivity index (χ1) is 12.5. The second kappa shape index (κ2) is 8.16. The number of ether oxygens (including phenoxy) is 2. The summed E-state index contributed by atoms with van der Waals surface area (Å²) in [6.07, 6.45) is 12.3. The minimum absolute atomic E-state index is 0.128. The molecule has 0 aromatic rings. The molecule has 4 heteroatoms. The van der Waals surface area contributed by atoms with Gasteiger partial charge in [-0.05, 0) is 38.5 Å². The van der Waals surface area contributed by atoms with E-state index in [1.54, 1.807) is 0 Å². The number of amides is 1. The highest BCUT2D eigenvalue weighted by Crippen LogP contribution is 2.52. The third-order valence-corrected chi connectivity index (χ3v) is 7.07. The molecule has 0 aromatic carbocycles. The van der Waals surface area contributed by atoms with Crippen LogP contribution in [0.5, 0.6) is 0 Å². The van der Waals surface area contributed by atoms with Crippen molar-refractivity contribution in [1.82, 2.24) is 5.32 Å². The molecular weight excluding hydrogens is 326 g/mol. The van der Waals surface area contributed by atoms with Crippen LogP contribution < -0.4 is 5.32 Å². The molecule has 2 fully saturated rings. The molecule has 5 atom stereocenters. The van der Waals surface area contributed by atoms with Gasteiger partial charge in [0.2, 0.25) is 0 Å². The molecule has 2 bridgehead atoms. The average molecular weight is 362 g/mol. The lowest BCUT2D eigenvalue weighted by atomic mass is 9.56. The lowest BCUT2D eigenvalue weighted by Gasteiger charge is -2.54. The lowest BCUT2D eigenvalue weighted by Crippen LogP contribution is -2.56. The highest BCUT2D eigenvalue weighted by Gasteiger charge is 2.53. The molecule has 0 unspecified atom stereocenters. The molecule has 1 aliphatic heterocycles. The molecule has 4 nitrogen and oxygen atoms in total. The fourth-order valence-corrected chi connectivity index (χ4v) is 5.32. The predicted molar refractivity (Wildman–Crippen MR) is 104 cm³/mol. The van der Waals surface area contributed by atoms with E-state index < -0.39 is 0 Å². The molecule has 0 aromatic heterocycles. The topological polar surface area (TPSA) is 47.6 Å². The van der Waals surface area contributed by atoms with Gasteiger partial charge in [-0.1, -0.05) is 56.9 Å². The number of rotatable bonds is 4. The van der Waals surface area contributed by atoms with Crippen LogP contribution in [0.1, 0.15) is 59.8 Å². The van der Waals surface area contributed by atoms with Gasteiger partial charge in [-0.3, -0.25) is 0 Å². The second-order valence-corrected chi connectivity index (χ2v) is 8.60. The molecule has 3 rings (SSSR count). The maximum absolute atomic E-state index is 12.4. The Bertz CT molecular complexity index is 564. The number of carbonyl (C=O) groups is 1. The van der Waals surface area contributed by atoms with Crippen LogP contribution in [-0.4, -0.2) is 31.5 Å². The SMILES string of the molecule is C/C=C/[C@H]1OC[C@@]2(COC(=O)NC3CCCCC3)[C@H](C)C=C(C)[C@@H]1[C@H]2C. The number of hydrogen-bond donors (Lipinski definition) is 1. The second-order valence-electron chi connectivity index (χ2n) is 8.60. The van der Waals surface area contributed by atoms with Crippen LogP contribution in [0.4, 0.5) is 4.79 Å². The Morgan fingerprint density at radius 1 is 1.35 bits per heavy atom. The number of nitrogens with one attached hydrogen (secondary N) is 1. The molecule has 2 aliphatic carbocycles. The predicted octanol–water partition coefficient (Wildman–Crippen LogP) is 4.85. The van der Waals surface area contributed by atoms with Gasteiger partial charge >= 0.3 is 6.09 Å². The van der Waals surface area contributed by atoms with Gasteiger partial charge in [0.25, 0.3) is 0 Å². The smallest absolute Gasteiger partial charge is 0.407 e. The summed E-state index contributed by atoms with van der Waals surface area (Å²) in [6, 6.07) is 0.284. The first-order valence-corrected chi connectivity index (χ1v) is 10.3. The van der Waals surface area contributed by atoms with Crippen molar-refractivity contribution in [1.29, 1.82) is 0 Å². The molecule has 0 spiro atoms. The van der Waals surface area contributed by atoms with E-state index in [9.17, 15) is 4.79 Å². The summed E-state index contributed by atoms with van der Waals surface area (Å²) in [5.74, 6) is 1.11. The third-order valence-electron chi connectivity index (χ3n) is 7.07. The summed E-state index contributed by atoms with van der Waals surface area (Å²) in [7, 11) is 0. The van der Waals surface area contributed by atoms with Gasteiger partial charge in [-0.25, -0.2) is 4.79 Å². The van der Waals surface area contributed by atoms with Crippen LogP contribution in [0.15, 0.2) is 23.8 Å². The van der Waals surface area contributed by atoms with E-state index in [0.29, 0.717) is 31.0 Å². The van der Waals surface area contributed by atoms with Crippen molar-refractivity contribution in [3.05, 3.63) is 23.8 Å². The molecule has 1 saturated heterocycles. The molecule has 146 valence electrons. The molecule has 1 amide bonds. The van der Waals surface area contributed by atoms with Gasteiger partial charge in [0.1, 0.15) is 6.61 Å². The minimum Gasteiger partial charge on any atom is -0.449 e. The van der Waals surface area contributed by atoms with E-state index in [4.69, 9.17) is 9.47 Å². The van der Waals surface area contributed by atoms with Crippen LogP contribution in [0.25, 0.3) is 0 Å². The van der Waals surface area contributed by atoms with Gasteiger partial charge in [0, 0.05) is 17.4 Å². The Balaban J connectivity index is 1.66. The Hall–Kier alpha value is -1.29. The van der Waals surface area contributed by atoms with Crippen LogP contribution in [-0.2, 0) is 9.47 Å². The van der Waals surface area contributed by atoms with E-state index in [2.05, 4.69) is 44.3 Å². The first-order valence-electron chi connectivity index (χ1n) is 10.3. The average Bonchev–Trinajstić information content (AvgIpc) is 2.61. The fraction of sp³-hybridized carbons (Fsp3) is 0.773.